The van der Waals surface area contributed by atoms with Crippen molar-refractivity contribution in [2.45, 2.75) is 90.8 Å². The summed E-state index contributed by atoms with van der Waals surface area (Å²) in [6.07, 6.45) is 9.26. The zero-order valence-corrected chi connectivity index (χ0v) is 20.2. The third kappa shape index (κ3) is 5.98. The molecule has 146 valence electrons. The van der Waals surface area contributed by atoms with Crippen molar-refractivity contribution in [1.82, 2.24) is 0 Å². The van der Waals surface area contributed by atoms with Crippen LogP contribution in [0.3, 0.4) is 0 Å². The number of rotatable bonds is 8. The Morgan fingerprint density at radius 2 is 1.96 bits per heavy atom. The largest absolute Gasteiger partial charge is 0.546 e. The molecule has 0 bridgehead atoms. The van der Waals surface area contributed by atoms with Crippen LogP contribution in [0.15, 0.2) is 11.8 Å². The third-order valence-electron chi connectivity index (χ3n) is 5.68. The lowest BCUT2D eigenvalue weighted by atomic mass is 9.77. The van der Waals surface area contributed by atoms with Crippen molar-refractivity contribution in [3.05, 3.63) is 11.8 Å². The molecule has 25 heavy (non-hydrogen) atoms. The molecular formula is C20H37IO3Si. The Morgan fingerprint density at radius 1 is 1.28 bits per heavy atom. The summed E-state index contributed by atoms with van der Waals surface area (Å²) in [5.41, 5.74) is -0.576. The molecule has 0 heterocycles. The molecule has 0 spiro atoms. The lowest BCUT2D eigenvalue weighted by molar-refractivity contribution is -0.155. The van der Waals surface area contributed by atoms with Gasteiger partial charge in [0.15, 0.2) is 0 Å². The zero-order chi connectivity index (χ0) is 19.1. The number of alkyl halides is 1. The monoisotopic (exact) mass is 480 g/mol. The fraction of sp³-hybridized carbons (Fsp3) is 0.850. The topological polar surface area (TPSA) is 35.5 Å². The van der Waals surface area contributed by atoms with Gasteiger partial charge in [-0.05, 0) is 67.7 Å². The number of carbonyl (C=O) groups excluding carboxylic acids is 1. The van der Waals surface area contributed by atoms with E-state index in [1.807, 2.05) is 6.92 Å². The van der Waals surface area contributed by atoms with E-state index >= 15 is 0 Å². The number of ether oxygens (including phenoxy) is 1. The predicted molar refractivity (Wildman–Crippen MR) is 117 cm³/mol. The molecule has 1 atom stereocenters. The summed E-state index contributed by atoms with van der Waals surface area (Å²) in [6.45, 7) is 13.6. The van der Waals surface area contributed by atoms with E-state index in [1.165, 1.54) is 0 Å². The van der Waals surface area contributed by atoms with Gasteiger partial charge in [-0.2, -0.15) is 0 Å². The molecule has 0 aromatic rings. The average Bonchev–Trinajstić information content (AvgIpc) is 2.70. The molecule has 0 saturated heterocycles. The molecule has 0 radical (unpaired) electrons. The number of hydrogen-bond acceptors (Lipinski definition) is 3. The minimum atomic E-state index is -2.00. The quantitative estimate of drug-likeness (QED) is 0.129. The Kier molecular flexibility index (Phi) is 8.98. The van der Waals surface area contributed by atoms with Gasteiger partial charge in [0, 0.05) is 0 Å². The molecular weight excluding hydrogens is 443 g/mol. The maximum absolute atomic E-state index is 13.1. The summed E-state index contributed by atoms with van der Waals surface area (Å²) in [7, 11) is -2.00. The van der Waals surface area contributed by atoms with Gasteiger partial charge in [-0.1, -0.05) is 56.2 Å². The van der Waals surface area contributed by atoms with Crippen LogP contribution in [0.1, 0.15) is 72.6 Å². The molecule has 1 aliphatic rings. The van der Waals surface area contributed by atoms with E-state index < -0.39 is 13.7 Å². The van der Waals surface area contributed by atoms with Gasteiger partial charge >= 0.3 is 5.97 Å². The molecule has 0 aromatic carbocycles. The molecule has 0 aromatic heterocycles. The van der Waals surface area contributed by atoms with Crippen LogP contribution in [0.25, 0.3) is 0 Å². The highest BCUT2D eigenvalue weighted by Crippen LogP contribution is 2.47. The average molecular weight is 481 g/mol. The van der Waals surface area contributed by atoms with Gasteiger partial charge in [-0.15, -0.1) is 0 Å². The summed E-state index contributed by atoms with van der Waals surface area (Å²) >= 11 is 2.41. The second kappa shape index (κ2) is 9.77. The lowest BCUT2D eigenvalue weighted by Gasteiger charge is -2.42. The summed E-state index contributed by atoms with van der Waals surface area (Å²) in [5, 5.41) is 0.114. The molecule has 5 heteroatoms. The molecule has 0 aliphatic heterocycles. The van der Waals surface area contributed by atoms with Crippen LogP contribution in [-0.4, -0.2) is 25.3 Å². The zero-order valence-electron chi connectivity index (χ0n) is 17.0. The Balaban J connectivity index is 3.23. The molecule has 1 aliphatic carbocycles. The maximum atomic E-state index is 13.1. The second-order valence-corrected chi connectivity index (χ2v) is 14.4. The molecule has 0 N–H and O–H groups in total. The first-order valence-corrected chi connectivity index (χ1v) is 14.2. The number of hydrogen-bond donors (Lipinski definition) is 0. The summed E-state index contributed by atoms with van der Waals surface area (Å²) in [5.74, 6) is 0.846. The van der Waals surface area contributed by atoms with E-state index in [0.717, 1.165) is 55.1 Å². The first-order chi connectivity index (χ1) is 11.6. The highest BCUT2D eigenvalue weighted by Gasteiger charge is 2.48. The van der Waals surface area contributed by atoms with Crippen LogP contribution >= 0.6 is 22.6 Å². The van der Waals surface area contributed by atoms with Crippen LogP contribution in [0.5, 0.6) is 0 Å². The number of halogens is 1. The standard InChI is InChI=1S/C20H37IO3Si/c1-7-23-18(22)20(15-11-12-16-21)14-10-8-9-13-17(20)24-25(5,6)19(2,3)4/h13H,7-12,14-16H2,1-6H3. The van der Waals surface area contributed by atoms with Crippen molar-refractivity contribution < 1.29 is 14.0 Å². The molecule has 0 saturated carbocycles. The van der Waals surface area contributed by atoms with Gasteiger partial charge in [0.25, 0.3) is 0 Å². The normalized spacial score (nSPS) is 22.1. The van der Waals surface area contributed by atoms with Crippen LogP contribution in [0, 0.1) is 5.41 Å². The molecule has 0 amide bonds. The Hall–Kier alpha value is -0.0431. The Labute approximate surface area is 169 Å². The van der Waals surface area contributed by atoms with Crippen molar-refractivity contribution >= 4 is 36.9 Å². The van der Waals surface area contributed by atoms with Gasteiger partial charge in [0.1, 0.15) is 5.41 Å². The number of esters is 1. The summed E-state index contributed by atoms with van der Waals surface area (Å²) in [6, 6.07) is 0. The highest BCUT2D eigenvalue weighted by atomic mass is 127. The van der Waals surface area contributed by atoms with E-state index in [-0.39, 0.29) is 11.0 Å². The molecule has 1 rings (SSSR count). The lowest BCUT2D eigenvalue weighted by Crippen LogP contribution is -2.45. The van der Waals surface area contributed by atoms with Crippen molar-refractivity contribution in [3.63, 3.8) is 0 Å². The first-order valence-electron chi connectivity index (χ1n) is 9.73. The first kappa shape index (κ1) is 23.0. The van der Waals surface area contributed by atoms with Crippen molar-refractivity contribution in [3.8, 4) is 0 Å². The van der Waals surface area contributed by atoms with Crippen molar-refractivity contribution in [2.24, 2.45) is 5.41 Å². The van der Waals surface area contributed by atoms with Gasteiger partial charge < -0.3 is 9.16 Å². The summed E-state index contributed by atoms with van der Waals surface area (Å²) < 4.78 is 13.4. The molecule has 1 unspecified atom stereocenters. The Bertz CT molecular complexity index is 468. The van der Waals surface area contributed by atoms with Gasteiger partial charge in [-0.3, -0.25) is 4.79 Å². The van der Waals surface area contributed by atoms with E-state index in [4.69, 9.17) is 9.16 Å². The van der Waals surface area contributed by atoms with Crippen LogP contribution < -0.4 is 0 Å². The fourth-order valence-corrected chi connectivity index (χ4v) is 4.71. The minimum absolute atomic E-state index is 0.0738. The van der Waals surface area contributed by atoms with Crippen LogP contribution in [-0.2, 0) is 14.0 Å². The van der Waals surface area contributed by atoms with Gasteiger partial charge in [-0.25, -0.2) is 0 Å². The van der Waals surface area contributed by atoms with Crippen LogP contribution in [0.2, 0.25) is 18.1 Å². The molecule has 0 fully saturated rings. The fourth-order valence-electron chi connectivity index (χ4n) is 3.03. The third-order valence-corrected chi connectivity index (χ3v) is 10.8. The summed E-state index contributed by atoms with van der Waals surface area (Å²) in [4.78, 5) is 13.1. The van der Waals surface area contributed by atoms with Gasteiger partial charge in [0.05, 0.1) is 12.4 Å². The number of unbranched alkanes of at least 4 members (excludes halogenated alkanes) is 1. The van der Waals surface area contributed by atoms with Crippen molar-refractivity contribution in [1.29, 1.82) is 0 Å². The number of allylic oxidation sites excluding steroid dienone is 1. The smallest absolute Gasteiger partial charge is 0.319 e. The van der Waals surface area contributed by atoms with E-state index in [2.05, 4.69) is 62.5 Å². The van der Waals surface area contributed by atoms with E-state index in [1.54, 1.807) is 0 Å². The minimum Gasteiger partial charge on any atom is -0.546 e. The second-order valence-electron chi connectivity index (χ2n) is 8.63. The van der Waals surface area contributed by atoms with Crippen LogP contribution in [0.4, 0.5) is 0 Å². The van der Waals surface area contributed by atoms with E-state index in [0.29, 0.717) is 6.61 Å². The highest BCUT2D eigenvalue weighted by molar-refractivity contribution is 14.1. The maximum Gasteiger partial charge on any atom is 0.319 e. The van der Waals surface area contributed by atoms with Gasteiger partial charge in [0.2, 0.25) is 8.32 Å². The molecule has 3 nitrogen and oxygen atoms in total. The SMILES string of the molecule is CCOC(=O)C1(CCCCI)CCCCC=C1O[Si](C)(C)C(C)(C)C. The number of carbonyl (C=O) groups is 1. The predicted octanol–water partition coefficient (Wildman–Crippen LogP) is 6.62. The van der Waals surface area contributed by atoms with Crippen molar-refractivity contribution in [2.75, 3.05) is 11.0 Å². The Morgan fingerprint density at radius 3 is 2.52 bits per heavy atom. The van der Waals surface area contributed by atoms with E-state index in [9.17, 15) is 4.79 Å².